The minimum Gasteiger partial charge on any atom is -0.309 e. The third kappa shape index (κ3) is 3.72. The molecule has 0 bridgehead atoms. The molecule has 0 aromatic carbocycles. The number of rotatable bonds is 6. The highest BCUT2D eigenvalue weighted by atomic mass is 79.9. The van der Waals surface area contributed by atoms with Gasteiger partial charge in [-0.2, -0.15) is 5.10 Å². The first-order chi connectivity index (χ1) is 9.52. The van der Waals surface area contributed by atoms with E-state index in [0.29, 0.717) is 6.04 Å². The van der Waals surface area contributed by atoms with Crippen LogP contribution in [-0.4, -0.2) is 16.3 Å². The molecule has 2 aromatic rings. The van der Waals surface area contributed by atoms with Crippen molar-refractivity contribution in [3.63, 3.8) is 0 Å². The van der Waals surface area contributed by atoms with Crippen LogP contribution in [-0.2, 0) is 13.5 Å². The number of hydrogen-bond acceptors (Lipinski definition) is 3. The van der Waals surface area contributed by atoms with Gasteiger partial charge >= 0.3 is 0 Å². The van der Waals surface area contributed by atoms with E-state index < -0.39 is 0 Å². The molecule has 0 spiro atoms. The van der Waals surface area contributed by atoms with Crippen molar-refractivity contribution in [1.29, 1.82) is 0 Å². The van der Waals surface area contributed by atoms with Gasteiger partial charge < -0.3 is 5.32 Å². The Labute approximate surface area is 141 Å². The van der Waals surface area contributed by atoms with Gasteiger partial charge in [0.15, 0.2) is 0 Å². The third-order valence-corrected chi connectivity index (χ3v) is 6.07. The summed E-state index contributed by atoms with van der Waals surface area (Å²) >= 11 is 8.99. The van der Waals surface area contributed by atoms with Crippen LogP contribution in [0.15, 0.2) is 20.4 Å². The molecular weight excluding hydrogens is 402 g/mol. The molecule has 1 atom stereocenters. The lowest BCUT2D eigenvalue weighted by Gasteiger charge is -2.17. The van der Waals surface area contributed by atoms with Crippen molar-refractivity contribution in [2.24, 2.45) is 7.05 Å². The van der Waals surface area contributed by atoms with Crippen molar-refractivity contribution in [2.45, 2.75) is 32.7 Å². The van der Waals surface area contributed by atoms with E-state index in [1.807, 2.05) is 18.7 Å². The summed E-state index contributed by atoms with van der Waals surface area (Å²) in [6.07, 6.45) is 2.07. The third-order valence-electron chi connectivity index (χ3n) is 3.23. The zero-order valence-corrected chi connectivity index (χ0v) is 15.9. The molecule has 0 aliphatic carbocycles. The number of aromatic nitrogens is 2. The van der Waals surface area contributed by atoms with Crippen molar-refractivity contribution in [3.8, 4) is 0 Å². The molecule has 3 nitrogen and oxygen atoms in total. The Morgan fingerprint density at radius 3 is 2.70 bits per heavy atom. The highest BCUT2D eigenvalue weighted by Gasteiger charge is 2.19. The minimum absolute atomic E-state index is 0.331. The molecule has 0 radical (unpaired) electrons. The van der Waals surface area contributed by atoms with Gasteiger partial charge in [0.2, 0.25) is 0 Å². The molecule has 0 aliphatic rings. The maximum Gasteiger partial charge on any atom is 0.0738 e. The van der Waals surface area contributed by atoms with Crippen LogP contribution in [0.4, 0.5) is 0 Å². The van der Waals surface area contributed by atoms with Crippen LogP contribution >= 0.6 is 43.2 Å². The molecule has 1 N–H and O–H groups in total. The van der Waals surface area contributed by atoms with Crippen LogP contribution in [0.25, 0.3) is 0 Å². The second-order valence-corrected chi connectivity index (χ2v) is 7.50. The van der Waals surface area contributed by atoms with E-state index in [9.17, 15) is 0 Å². The molecule has 0 saturated carbocycles. The first-order valence-corrected chi connectivity index (χ1v) is 9.14. The monoisotopic (exact) mass is 419 g/mol. The zero-order chi connectivity index (χ0) is 14.7. The lowest BCUT2D eigenvalue weighted by molar-refractivity contribution is 0.518. The van der Waals surface area contributed by atoms with Crippen LogP contribution in [0.1, 0.15) is 35.7 Å². The number of aryl methyl sites for hydroxylation is 2. The fraction of sp³-hybridized carbons (Fsp3) is 0.500. The molecule has 20 heavy (non-hydrogen) atoms. The molecule has 110 valence electrons. The molecule has 0 aliphatic heterocycles. The maximum absolute atomic E-state index is 4.48. The predicted molar refractivity (Wildman–Crippen MR) is 92.4 cm³/mol. The van der Waals surface area contributed by atoms with Gasteiger partial charge in [0.05, 0.1) is 15.9 Å². The lowest BCUT2D eigenvalue weighted by atomic mass is 10.1. The van der Waals surface area contributed by atoms with Crippen molar-refractivity contribution >= 4 is 43.2 Å². The van der Waals surface area contributed by atoms with E-state index >= 15 is 0 Å². The first kappa shape index (κ1) is 16.2. The largest absolute Gasteiger partial charge is 0.309 e. The van der Waals surface area contributed by atoms with E-state index in [-0.39, 0.29) is 0 Å². The van der Waals surface area contributed by atoms with Crippen molar-refractivity contribution in [1.82, 2.24) is 15.1 Å². The molecule has 2 heterocycles. The second kappa shape index (κ2) is 7.20. The number of nitrogens with zero attached hydrogens (tertiary/aromatic N) is 2. The molecule has 2 aromatic heterocycles. The van der Waals surface area contributed by atoms with Gasteiger partial charge in [0, 0.05) is 34.2 Å². The summed E-state index contributed by atoms with van der Waals surface area (Å²) in [4.78, 5) is 1.36. The quantitative estimate of drug-likeness (QED) is 0.739. The SMILES string of the molecule is CCCNC(Cc1c(Br)c(C)nn1C)c1cc(Br)cs1. The van der Waals surface area contributed by atoms with E-state index in [1.165, 1.54) is 10.6 Å². The van der Waals surface area contributed by atoms with E-state index in [4.69, 9.17) is 0 Å². The van der Waals surface area contributed by atoms with Gasteiger partial charge in [-0.1, -0.05) is 6.92 Å². The Bertz CT molecular complexity index is 577. The number of thiophene rings is 1. The fourth-order valence-electron chi connectivity index (χ4n) is 2.20. The topological polar surface area (TPSA) is 29.9 Å². The second-order valence-electron chi connectivity index (χ2n) is 4.85. The Morgan fingerprint density at radius 2 is 2.20 bits per heavy atom. The molecule has 0 amide bonds. The van der Waals surface area contributed by atoms with Crippen LogP contribution in [0.2, 0.25) is 0 Å². The summed E-state index contributed by atoms with van der Waals surface area (Å²) in [5, 5.41) is 10.3. The van der Waals surface area contributed by atoms with Crippen LogP contribution < -0.4 is 5.32 Å². The summed E-state index contributed by atoms with van der Waals surface area (Å²) in [5.41, 5.74) is 2.28. The van der Waals surface area contributed by atoms with Gasteiger partial charge in [0.25, 0.3) is 0 Å². The van der Waals surface area contributed by atoms with Crippen molar-refractivity contribution in [3.05, 3.63) is 36.7 Å². The number of halogens is 2. The maximum atomic E-state index is 4.48. The molecule has 6 heteroatoms. The van der Waals surface area contributed by atoms with Crippen LogP contribution in [0.3, 0.4) is 0 Å². The number of hydrogen-bond donors (Lipinski definition) is 1. The van der Waals surface area contributed by atoms with Gasteiger partial charge in [-0.3, -0.25) is 4.68 Å². The van der Waals surface area contributed by atoms with Gasteiger partial charge in [-0.15, -0.1) is 11.3 Å². The first-order valence-electron chi connectivity index (χ1n) is 6.68. The Balaban J connectivity index is 2.23. The van der Waals surface area contributed by atoms with E-state index in [2.05, 4.69) is 60.6 Å². The fourth-order valence-corrected chi connectivity index (χ4v) is 4.22. The van der Waals surface area contributed by atoms with Crippen molar-refractivity contribution < 1.29 is 0 Å². The lowest BCUT2D eigenvalue weighted by Crippen LogP contribution is -2.24. The molecular formula is C14H19Br2N3S. The predicted octanol–water partition coefficient (Wildman–Crippen LogP) is 4.60. The molecule has 1 unspecified atom stereocenters. The van der Waals surface area contributed by atoms with E-state index in [1.54, 1.807) is 11.3 Å². The smallest absolute Gasteiger partial charge is 0.0738 e. The van der Waals surface area contributed by atoms with Gasteiger partial charge in [-0.05, 0) is 57.8 Å². The van der Waals surface area contributed by atoms with Crippen LogP contribution in [0.5, 0.6) is 0 Å². The van der Waals surface area contributed by atoms with Gasteiger partial charge in [-0.25, -0.2) is 0 Å². The average molecular weight is 421 g/mol. The standard InChI is InChI=1S/C14H19Br2N3S/c1-4-5-17-11(13-6-10(15)8-20-13)7-12-14(16)9(2)18-19(12)3/h6,8,11,17H,4-5,7H2,1-3H3. The number of nitrogens with one attached hydrogen (secondary N) is 1. The zero-order valence-electron chi connectivity index (χ0n) is 11.9. The Kier molecular flexibility index (Phi) is 5.84. The van der Waals surface area contributed by atoms with E-state index in [0.717, 1.165) is 34.0 Å². The highest BCUT2D eigenvalue weighted by molar-refractivity contribution is 9.10. The Morgan fingerprint density at radius 1 is 1.45 bits per heavy atom. The van der Waals surface area contributed by atoms with Crippen molar-refractivity contribution in [2.75, 3.05) is 6.54 Å². The minimum atomic E-state index is 0.331. The normalized spacial score (nSPS) is 12.8. The average Bonchev–Trinajstić information content (AvgIpc) is 2.93. The molecule has 0 fully saturated rings. The highest BCUT2D eigenvalue weighted by Crippen LogP contribution is 2.30. The van der Waals surface area contributed by atoms with Gasteiger partial charge in [0.1, 0.15) is 0 Å². The summed E-state index contributed by atoms with van der Waals surface area (Å²) in [6, 6.07) is 2.53. The molecule has 0 saturated heterocycles. The summed E-state index contributed by atoms with van der Waals surface area (Å²) in [6.45, 7) is 5.25. The summed E-state index contributed by atoms with van der Waals surface area (Å²) in [7, 11) is 2.01. The summed E-state index contributed by atoms with van der Waals surface area (Å²) in [5.74, 6) is 0. The Hall–Kier alpha value is -0.170. The summed E-state index contributed by atoms with van der Waals surface area (Å²) < 4.78 is 4.25. The molecule has 2 rings (SSSR count). The van der Waals surface area contributed by atoms with Crippen LogP contribution in [0, 0.1) is 6.92 Å².